The minimum absolute atomic E-state index is 0.103. The molecule has 2 heterocycles. The van der Waals surface area contributed by atoms with Gasteiger partial charge in [-0.15, -0.1) is 0 Å². The average Bonchev–Trinajstić information content (AvgIpc) is 3.02. The van der Waals surface area contributed by atoms with Gasteiger partial charge < -0.3 is 15.6 Å². The van der Waals surface area contributed by atoms with Gasteiger partial charge in [-0.05, 0) is 50.6 Å². The van der Waals surface area contributed by atoms with E-state index in [-0.39, 0.29) is 11.8 Å². The fourth-order valence-corrected chi connectivity index (χ4v) is 2.75. The highest BCUT2D eigenvalue weighted by Crippen LogP contribution is 2.21. The lowest BCUT2D eigenvalue weighted by molar-refractivity contribution is -0.120. The second-order valence-electron chi connectivity index (χ2n) is 5.58. The van der Waals surface area contributed by atoms with E-state index in [1.165, 1.54) is 0 Å². The number of aromatic nitrogens is 2. The molecule has 2 atom stereocenters. The molecule has 0 saturated carbocycles. The summed E-state index contributed by atoms with van der Waals surface area (Å²) in [5.74, 6) is 1.06. The standard InChI is InChI=1S/C16H20N4O/c1-11-10-13(6-7-17-11)16(21)20-14-4-2-12(3-5-14)15-18-8-9-19-15/h2-5,8-9,11,13,17H,6-7,10H2,1H3,(H,18,19)(H,20,21)/t11-,13-/m0/s1. The summed E-state index contributed by atoms with van der Waals surface area (Å²) in [6.07, 6.45) is 5.32. The highest BCUT2D eigenvalue weighted by molar-refractivity contribution is 5.92. The van der Waals surface area contributed by atoms with Crippen LogP contribution in [0.25, 0.3) is 11.4 Å². The first-order valence-electron chi connectivity index (χ1n) is 7.36. The molecule has 110 valence electrons. The van der Waals surface area contributed by atoms with Crippen LogP contribution in [0.4, 0.5) is 5.69 Å². The maximum atomic E-state index is 12.3. The summed E-state index contributed by atoms with van der Waals surface area (Å²) in [6, 6.07) is 8.16. The number of nitrogens with one attached hydrogen (secondary N) is 3. The Morgan fingerprint density at radius 1 is 1.33 bits per heavy atom. The van der Waals surface area contributed by atoms with E-state index >= 15 is 0 Å². The van der Waals surface area contributed by atoms with Crippen molar-refractivity contribution in [2.45, 2.75) is 25.8 Å². The largest absolute Gasteiger partial charge is 0.345 e. The molecule has 1 saturated heterocycles. The predicted octanol–water partition coefficient (Wildman–Crippen LogP) is 2.40. The predicted molar refractivity (Wildman–Crippen MR) is 82.8 cm³/mol. The van der Waals surface area contributed by atoms with Crippen LogP contribution in [0.5, 0.6) is 0 Å². The zero-order chi connectivity index (χ0) is 14.7. The number of hydrogen-bond acceptors (Lipinski definition) is 3. The summed E-state index contributed by atoms with van der Waals surface area (Å²) >= 11 is 0. The van der Waals surface area contributed by atoms with Crippen LogP contribution in [0.2, 0.25) is 0 Å². The van der Waals surface area contributed by atoms with E-state index in [9.17, 15) is 4.79 Å². The van der Waals surface area contributed by atoms with Gasteiger partial charge in [-0.3, -0.25) is 4.79 Å². The van der Waals surface area contributed by atoms with Gasteiger partial charge in [0.2, 0.25) is 5.91 Å². The third kappa shape index (κ3) is 3.31. The number of imidazole rings is 1. The quantitative estimate of drug-likeness (QED) is 0.810. The summed E-state index contributed by atoms with van der Waals surface area (Å²) in [4.78, 5) is 19.5. The molecular weight excluding hydrogens is 264 g/mol. The number of hydrogen-bond donors (Lipinski definition) is 3. The number of carbonyl (C=O) groups is 1. The van der Waals surface area contributed by atoms with Crippen LogP contribution in [-0.4, -0.2) is 28.5 Å². The van der Waals surface area contributed by atoms with Gasteiger partial charge in [-0.2, -0.15) is 0 Å². The van der Waals surface area contributed by atoms with Crippen LogP contribution in [0.15, 0.2) is 36.7 Å². The summed E-state index contributed by atoms with van der Waals surface area (Å²) in [6.45, 7) is 3.04. The Bertz CT molecular complexity index is 591. The number of nitrogens with zero attached hydrogens (tertiary/aromatic N) is 1. The Labute approximate surface area is 124 Å². The van der Waals surface area contributed by atoms with Gasteiger partial charge in [-0.1, -0.05) is 0 Å². The fourth-order valence-electron chi connectivity index (χ4n) is 2.75. The third-order valence-electron chi connectivity index (χ3n) is 3.92. The van der Waals surface area contributed by atoms with E-state index in [2.05, 4.69) is 27.5 Å². The summed E-state index contributed by atoms with van der Waals surface area (Å²) in [5, 5.41) is 6.37. The zero-order valence-electron chi connectivity index (χ0n) is 12.1. The van der Waals surface area contributed by atoms with E-state index in [4.69, 9.17) is 0 Å². The molecule has 1 aromatic heterocycles. The van der Waals surface area contributed by atoms with Crippen molar-refractivity contribution in [1.29, 1.82) is 0 Å². The molecule has 2 aromatic rings. The Kier molecular flexibility index (Phi) is 4.01. The topological polar surface area (TPSA) is 69.8 Å². The van der Waals surface area contributed by atoms with Gasteiger partial charge in [0.25, 0.3) is 0 Å². The molecule has 1 aromatic carbocycles. The van der Waals surface area contributed by atoms with Crippen LogP contribution >= 0.6 is 0 Å². The van der Waals surface area contributed by atoms with E-state index in [0.29, 0.717) is 6.04 Å². The first-order chi connectivity index (χ1) is 10.2. The second kappa shape index (κ2) is 6.10. The molecule has 5 heteroatoms. The van der Waals surface area contributed by atoms with Gasteiger partial charge >= 0.3 is 0 Å². The monoisotopic (exact) mass is 284 g/mol. The molecule has 0 aliphatic carbocycles. The Morgan fingerprint density at radius 3 is 2.81 bits per heavy atom. The van der Waals surface area contributed by atoms with Crippen molar-refractivity contribution in [3.63, 3.8) is 0 Å². The van der Waals surface area contributed by atoms with Crippen LogP contribution < -0.4 is 10.6 Å². The van der Waals surface area contributed by atoms with E-state index in [1.54, 1.807) is 12.4 Å². The molecule has 0 unspecified atom stereocenters. The lowest BCUT2D eigenvalue weighted by atomic mass is 9.92. The Hall–Kier alpha value is -2.14. The molecule has 21 heavy (non-hydrogen) atoms. The fraction of sp³-hybridized carbons (Fsp3) is 0.375. The van der Waals surface area contributed by atoms with E-state index in [1.807, 2.05) is 24.3 Å². The van der Waals surface area contributed by atoms with E-state index < -0.39 is 0 Å². The molecule has 5 nitrogen and oxygen atoms in total. The Morgan fingerprint density at radius 2 is 2.14 bits per heavy atom. The van der Waals surface area contributed by atoms with Gasteiger partial charge in [0.15, 0.2) is 0 Å². The van der Waals surface area contributed by atoms with Crippen LogP contribution in [0.1, 0.15) is 19.8 Å². The molecule has 3 N–H and O–H groups in total. The summed E-state index contributed by atoms with van der Waals surface area (Å²) in [5.41, 5.74) is 1.84. The Balaban J connectivity index is 1.63. The summed E-state index contributed by atoms with van der Waals surface area (Å²) < 4.78 is 0. The van der Waals surface area contributed by atoms with Crippen molar-refractivity contribution in [2.24, 2.45) is 5.92 Å². The molecule has 0 radical (unpaired) electrons. The van der Waals surface area contributed by atoms with Crippen molar-refractivity contribution < 1.29 is 4.79 Å². The van der Waals surface area contributed by atoms with Gasteiger partial charge in [0, 0.05) is 35.6 Å². The number of anilines is 1. The number of H-pyrrole nitrogens is 1. The molecule has 3 rings (SSSR count). The molecule has 0 bridgehead atoms. The number of aromatic amines is 1. The zero-order valence-corrected chi connectivity index (χ0v) is 12.1. The van der Waals surface area contributed by atoms with Crippen molar-refractivity contribution in [3.05, 3.63) is 36.7 Å². The normalized spacial score (nSPS) is 22.0. The summed E-state index contributed by atoms with van der Waals surface area (Å²) in [7, 11) is 0. The molecular formula is C16H20N4O. The number of amides is 1. The van der Waals surface area contributed by atoms with Crippen molar-refractivity contribution >= 4 is 11.6 Å². The van der Waals surface area contributed by atoms with Crippen LogP contribution in [-0.2, 0) is 4.79 Å². The first kappa shape index (κ1) is 13.8. The number of rotatable bonds is 3. The number of piperidine rings is 1. The maximum absolute atomic E-state index is 12.3. The third-order valence-corrected chi connectivity index (χ3v) is 3.92. The first-order valence-corrected chi connectivity index (χ1v) is 7.36. The van der Waals surface area contributed by atoms with Gasteiger partial charge in [0.05, 0.1) is 0 Å². The van der Waals surface area contributed by atoms with Crippen molar-refractivity contribution in [1.82, 2.24) is 15.3 Å². The van der Waals surface area contributed by atoms with Crippen LogP contribution in [0, 0.1) is 5.92 Å². The molecule has 1 aliphatic heterocycles. The average molecular weight is 284 g/mol. The highest BCUT2D eigenvalue weighted by Gasteiger charge is 2.24. The van der Waals surface area contributed by atoms with Crippen molar-refractivity contribution in [2.75, 3.05) is 11.9 Å². The molecule has 1 aliphatic rings. The lowest BCUT2D eigenvalue weighted by Crippen LogP contribution is -2.40. The molecule has 1 fully saturated rings. The van der Waals surface area contributed by atoms with Gasteiger partial charge in [0.1, 0.15) is 5.82 Å². The van der Waals surface area contributed by atoms with Crippen molar-refractivity contribution in [3.8, 4) is 11.4 Å². The molecule has 0 spiro atoms. The SMILES string of the molecule is C[C@H]1C[C@@H](C(=O)Nc2ccc(-c3ncc[nH]3)cc2)CCN1. The smallest absolute Gasteiger partial charge is 0.227 e. The highest BCUT2D eigenvalue weighted by atomic mass is 16.1. The number of benzene rings is 1. The minimum Gasteiger partial charge on any atom is -0.345 e. The molecule has 1 amide bonds. The van der Waals surface area contributed by atoms with E-state index in [0.717, 1.165) is 36.5 Å². The van der Waals surface area contributed by atoms with Crippen LogP contribution in [0.3, 0.4) is 0 Å². The second-order valence-corrected chi connectivity index (χ2v) is 5.58. The minimum atomic E-state index is 0.103. The van der Waals surface area contributed by atoms with Gasteiger partial charge in [-0.25, -0.2) is 4.98 Å². The maximum Gasteiger partial charge on any atom is 0.227 e. The lowest BCUT2D eigenvalue weighted by Gasteiger charge is -2.27. The number of carbonyl (C=O) groups excluding carboxylic acids is 1.